The van der Waals surface area contributed by atoms with Crippen molar-refractivity contribution >= 4 is 28.4 Å². The van der Waals surface area contributed by atoms with Crippen molar-refractivity contribution in [2.45, 2.75) is 6.42 Å². The summed E-state index contributed by atoms with van der Waals surface area (Å²) in [6, 6.07) is 13.1. The molecule has 0 aliphatic rings. The molecular formula is C22H21N7O. The molecule has 0 fully saturated rings. The number of amides is 1. The van der Waals surface area contributed by atoms with Crippen molar-refractivity contribution in [3.05, 3.63) is 72.3 Å². The molecule has 1 aromatic carbocycles. The number of nitrogens with one attached hydrogen (secondary N) is 2. The van der Waals surface area contributed by atoms with Gasteiger partial charge in [-0.25, -0.2) is 15.0 Å². The third kappa shape index (κ3) is 4.02. The zero-order valence-electron chi connectivity index (χ0n) is 16.5. The highest BCUT2D eigenvalue weighted by Gasteiger charge is 2.11. The lowest BCUT2D eigenvalue weighted by Gasteiger charge is -2.10. The van der Waals surface area contributed by atoms with Crippen molar-refractivity contribution in [3.63, 3.8) is 0 Å². The fourth-order valence-corrected chi connectivity index (χ4v) is 3.27. The summed E-state index contributed by atoms with van der Waals surface area (Å²) in [4.78, 5) is 29.3. The number of nitrogens with two attached hydrogens (primary N) is 1. The van der Waals surface area contributed by atoms with Crippen LogP contribution < -0.4 is 16.4 Å². The maximum absolute atomic E-state index is 12.1. The Morgan fingerprint density at radius 1 is 1.07 bits per heavy atom. The molecule has 0 unspecified atom stereocenters. The second-order valence-corrected chi connectivity index (χ2v) is 6.69. The number of carbonyl (C=O) groups excluding carboxylic acids is 1. The molecule has 3 aromatic heterocycles. The number of nitrogens with zero attached hydrogens (tertiary/aromatic N) is 4. The molecule has 0 radical (unpaired) electrons. The third-order valence-corrected chi connectivity index (χ3v) is 4.78. The monoisotopic (exact) mass is 399 g/mol. The van der Waals surface area contributed by atoms with Gasteiger partial charge in [0.05, 0.1) is 16.8 Å². The predicted molar refractivity (Wildman–Crippen MR) is 117 cm³/mol. The Bertz CT molecular complexity index is 1190. The molecule has 4 aromatic rings. The Hall–Kier alpha value is -4.07. The quantitative estimate of drug-likeness (QED) is 0.456. The molecule has 0 saturated carbocycles. The number of aromatic nitrogens is 4. The number of hydrogen-bond donors (Lipinski definition) is 3. The fourth-order valence-electron chi connectivity index (χ4n) is 3.27. The van der Waals surface area contributed by atoms with Gasteiger partial charge in [-0.1, -0.05) is 18.2 Å². The van der Waals surface area contributed by atoms with Gasteiger partial charge in [0.2, 0.25) is 0 Å². The van der Waals surface area contributed by atoms with Crippen LogP contribution in [0.15, 0.2) is 61.2 Å². The van der Waals surface area contributed by atoms with Crippen molar-refractivity contribution in [1.29, 1.82) is 0 Å². The topological polar surface area (TPSA) is 119 Å². The van der Waals surface area contributed by atoms with Gasteiger partial charge in [0.15, 0.2) is 0 Å². The van der Waals surface area contributed by atoms with Crippen LogP contribution in [-0.4, -0.2) is 39.4 Å². The summed E-state index contributed by atoms with van der Waals surface area (Å²) < 4.78 is 0. The summed E-state index contributed by atoms with van der Waals surface area (Å²) in [6.07, 6.45) is 5.60. The number of para-hydroxylation sites is 1. The van der Waals surface area contributed by atoms with Gasteiger partial charge in [-0.15, -0.1) is 0 Å². The van der Waals surface area contributed by atoms with Crippen LogP contribution >= 0.6 is 0 Å². The number of pyridine rings is 2. The molecule has 150 valence electrons. The van der Waals surface area contributed by atoms with Crippen LogP contribution in [0.1, 0.15) is 15.9 Å². The molecule has 3 heterocycles. The van der Waals surface area contributed by atoms with E-state index in [4.69, 9.17) is 5.73 Å². The van der Waals surface area contributed by atoms with Crippen molar-refractivity contribution in [3.8, 4) is 11.3 Å². The molecule has 30 heavy (non-hydrogen) atoms. The van der Waals surface area contributed by atoms with Crippen molar-refractivity contribution < 1.29 is 4.79 Å². The molecule has 4 rings (SSSR count). The number of anilines is 2. The van der Waals surface area contributed by atoms with Crippen LogP contribution in [-0.2, 0) is 6.42 Å². The first-order chi connectivity index (χ1) is 14.7. The molecule has 8 nitrogen and oxygen atoms in total. The van der Waals surface area contributed by atoms with E-state index in [-0.39, 0.29) is 5.91 Å². The number of hydrogen-bond acceptors (Lipinski definition) is 7. The molecule has 8 heteroatoms. The Kier molecular flexibility index (Phi) is 5.47. The summed E-state index contributed by atoms with van der Waals surface area (Å²) in [5, 5.41) is 6.84. The molecule has 0 aliphatic heterocycles. The van der Waals surface area contributed by atoms with E-state index >= 15 is 0 Å². The van der Waals surface area contributed by atoms with Gasteiger partial charge in [0.1, 0.15) is 18.0 Å². The molecule has 0 aliphatic carbocycles. The standard InChI is InChI=1S/C22H21N7O/c1-24-22(30)17-8-10-26-21-14(3-2-4-16(17)21)7-9-25-20-11-18(28-13-29-20)15-5-6-19(23)27-12-15/h2-6,8,10-13H,7,9H2,1H3,(H2,23,27)(H,24,30)(H,25,28,29). The summed E-state index contributed by atoms with van der Waals surface area (Å²) in [6.45, 7) is 0.654. The SMILES string of the molecule is CNC(=O)c1ccnc2c(CCNc3cc(-c4ccc(N)nc4)ncn3)cccc12. The van der Waals surface area contributed by atoms with Gasteiger partial charge in [-0.05, 0) is 30.2 Å². The van der Waals surface area contributed by atoms with Gasteiger partial charge in [-0.2, -0.15) is 0 Å². The summed E-state index contributed by atoms with van der Waals surface area (Å²) in [5.74, 6) is 1.06. The predicted octanol–water partition coefficient (Wildman–Crippen LogP) is 2.68. The van der Waals surface area contributed by atoms with E-state index in [1.54, 1.807) is 31.6 Å². The van der Waals surface area contributed by atoms with Crippen molar-refractivity contribution in [2.75, 3.05) is 24.6 Å². The van der Waals surface area contributed by atoms with E-state index in [1.165, 1.54) is 6.33 Å². The average Bonchev–Trinajstić information content (AvgIpc) is 2.79. The van der Waals surface area contributed by atoms with E-state index in [2.05, 4.69) is 30.6 Å². The normalized spacial score (nSPS) is 10.7. The lowest BCUT2D eigenvalue weighted by Crippen LogP contribution is -2.18. The fraction of sp³-hybridized carbons (Fsp3) is 0.136. The zero-order chi connectivity index (χ0) is 20.9. The van der Waals surface area contributed by atoms with E-state index in [0.717, 1.165) is 40.0 Å². The highest BCUT2D eigenvalue weighted by Crippen LogP contribution is 2.22. The second kappa shape index (κ2) is 8.52. The van der Waals surface area contributed by atoms with Crippen LogP contribution in [0.3, 0.4) is 0 Å². The average molecular weight is 399 g/mol. The smallest absolute Gasteiger partial charge is 0.251 e. The minimum atomic E-state index is -0.122. The summed E-state index contributed by atoms with van der Waals surface area (Å²) >= 11 is 0. The lowest BCUT2D eigenvalue weighted by molar-refractivity contribution is 0.0964. The van der Waals surface area contributed by atoms with Crippen LogP contribution in [0.5, 0.6) is 0 Å². The van der Waals surface area contributed by atoms with Crippen molar-refractivity contribution in [2.24, 2.45) is 0 Å². The van der Waals surface area contributed by atoms with Gasteiger partial charge in [0.25, 0.3) is 5.91 Å². The molecule has 0 spiro atoms. The van der Waals surface area contributed by atoms with Gasteiger partial charge >= 0.3 is 0 Å². The molecular weight excluding hydrogens is 378 g/mol. The number of benzene rings is 1. The number of nitrogen functional groups attached to an aromatic ring is 1. The second-order valence-electron chi connectivity index (χ2n) is 6.69. The van der Waals surface area contributed by atoms with Crippen LogP contribution in [0.25, 0.3) is 22.2 Å². The first-order valence-electron chi connectivity index (χ1n) is 9.52. The number of fused-ring (bicyclic) bond motifs is 1. The molecule has 4 N–H and O–H groups in total. The Labute approximate surface area is 173 Å². The van der Waals surface area contributed by atoms with E-state index in [9.17, 15) is 4.79 Å². The maximum atomic E-state index is 12.1. The Morgan fingerprint density at radius 2 is 1.97 bits per heavy atom. The maximum Gasteiger partial charge on any atom is 0.251 e. The largest absolute Gasteiger partial charge is 0.384 e. The Morgan fingerprint density at radius 3 is 2.77 bits per heavy atom. The minimum absolute atomic E-state index is 0.122. The lowest BCUT2D eigenvalue weighted by atomic mass is 10.0. The minimum Gasteiger partial charge on any atom is -0.384 e. The highest BCUT2D eigenvalue weighted by atomic mass is 16.1. The van der Waals surface area contributed by atoms with Crippen LogP contribution in [0.2, 0.25) is 0 Å². The van der Waals surface area contributed by atoms with Crippen molar-refractivity contribution in [1.82, 2.24) is 25.3 Å². The zero-order valence-corrected chi connectivity index (χ0v) is 16.5. The molecule has 0 bridgehead atoms. The van der Waals surface area contributed by atoms with Gasteiger partial charge in [0, 0.05) is 43.0 Å². The first kappa shape index (κ1) is 19.3. The van der Waals surface area contributed by atoms with Gasteiger partial charge < -0.3 is 16.4 Å². The summed E-state index contributed by atoms with van der Waals surface area (Å²) in [5.41, 5.74) is 9.79. The number of rotatable bonds is 6. The summed E-state index contributed by atoms with van der Waals surface area (Å²) in [7, 11) is 1.62. The van der Waals surface area contributed by atoms with Crippen LogP contribution in [0.4, 0.5) is 11.6 Å². The molecule has 0 saturated heterocycles. The Balaban J connectivity index is 1.50. The molecule has 1 amide bonds. The highest BCUT2D eigenvalue weighted by molar-refractivity contribution is 6.06. The number of carbonyl (C=O) groups is 1. The van der Waals surface area contributed by atoms with Crippen LogP contribution in [0, 0.1) is 0 Å². The van der Waals surface area contributed by atoms with E-state index < -0.39 is 0 Å². The van der Waals surface area contributed by atoms with E-state index in [0.29, 0.717) is 17.9 Å². The van der Waals surface area contributed by atoms with E-state index in [1.807, 2.05) is 30.3 Å². The molecule has 0 atom stereocenters. The first-order valence-corrected chi connectivity index (χ1v) is 9.52. The third-order valence-electron chi connectivity index (χ3n) is 4.78. The van der Waals surface area contributed by atoms with Gasteiger partial charge in [-0.3, -0.25) is 9.78 Å².